The predicted molar refractivity (Wildman–Crippen MR) is 185 cm³/mol. The third-order valence-electron chi connectivity index (χ3n) is 9.49. The number of anilines is 1. The molecule has 0 bridgehead atoms. The van der Waals surface area contributed by atoms with Gasteiger partial charge in [-0.2, -0.15) is 4.98 Å². The monoisotopic (exact) mass is 698 g/mol. The lowest BCUT2D eigenvalue weighted by Gasteiger charge is -2.21. The predicted octanol–water partition coefficient (Wildman–Crippen LogP) is 2.55. The van der Waals surface area contributed by atoms with Gasteiger partial charge in [-0.3, -0.25) is 4.57 Å². The molecule has 2 fully saturated rings. The summed E-state index contributed by atoms with van der Waals surface area (Å²) < 4.78 is 13.2. The van der Waals surface area contributed by atoms with Gasteiger partial charge in [0.05, 0.1) is 17.7 Å². The molecule has 15 nitrogen and oxygen atoms in total. The quantitative estimate of drug-likeness (QED) is 0.111. The minimum Gasteiger partial charge on any atom is -0.508 e. The fourth-order valence-corrected chi connectivity index (χ4v) is 6.75. The number of hydrogen-bond acceptors (Lipinski definition) is 12. The summed E-state index contributed by atoms with van der Waals surface area (Å²) in [7, 11) is 0. The number of urea groups is 1. The molecule has 5 aromatic rings. The van der Waals surface area contributed by atoms with E-state index in [4.69, 9.17) is 19.2 Å². The summed E-state index contributed by atoms with van der Waals surface area (Å²) in [6.07, 6.45) is -0.775. The number of amides is 2. The normalized spacial score (nSPS) is 22.4. The van der Waals surface area contributed by atoms with Crippen molar-refractivity contribution in [2.75, 3.05) is 24.6 Å². The number of phenols is 1. The van der Waals surface area contributed by atoms with Crippen molar-refractivity contribution in [3.8, 4) is 5.75 Å². The molecular weight excluding hydrogens is 656 g/mol. The lowest BCUT2D eigenvalue weighted by atomic mass is 9.95. The minimum absolute atomic E-state index is 0.0703. The number of rotatable bonds is 12. The van der Waals surface area contributed by atoms with Gasteiger partial charge < -0.3 is 45.2 Å². The van der Waals surface area contributed by atoms with Crippen LogP contribution in [0.4, 0.5) is 10.7 Å². The molecule has 0 spiro atoms. The number of fused-ring (bicyclic) bond motifs is 1. The number of nitrogens with one attached hydrogen (secondary N) is 2. The van der Waals surface area contributed by atoms with Gasteiger partial charge in [0.25, 0.3) is 0 Å². The molecule has 0 unspecified atom stereocenters. The van der Waals surface area contributed by atoms with Crippen LogP contribution in [0.3, 0.4) is 0 Å². The molecule has 7 rings (SSSR count). The van der Waals surface area contributed by atoms with Crippen LogP contribution in [0.25, 0.3) is 11.2 Å². The van der Waals surface area contributed by atoms with Gasteiger partial charge in [0, 0.05) is 38.3 Å². The summed E-state index contributed by atoms with van der Waals surface area (Å²) in [4.78, 5) is 29.3. The molecule has 2 aliphatic heterocycles. The number of ether oxygens (including phenoxy) is 1. The summed E-state index contributed by atoms with van der Waals surface area (Å²) in [5.74, 6) is 0.696. The Hall–Kier alpha value is -5.09. The Morgan fingerprint density at radius 3 is 2.63 bits per heavy atom. The second-order valence-electron chi connectivity index (χ2n) is 13.2. The van der Waals surface area contributed by atoms with E-state index in [0.29, 0.717) is 73.0 Å². The maximum atomic E-state index is 12.8. The average molecular weight is 699 g/mol. The largest absolute Gasteiger partial charge is 0.508 e. The summed E-state index contributed by atoms with van der Waals surface area (Å²) in [6.45, 7) is 3.14. The number of aromatic hydroxyl groups is 1. The first-order valence-electron chi connectivity index (χ1n) is 17.2. The molecular formula is C36H42N8O7. The summed E-state index contributed by atoms with van der Waals surface area (Å²) in [5, 5.41) is 52.2. The van der Waals surface area contributed by atoms with Crippen molar-refractivity contribution in [2.24, 2.45) is 5.92 Å². The molecule has 2 aromatic carbocycles. The molecule has 3 aromatic heterocycles. The van der Waals surface area contributed by atoms with Gasteiger partial charge in [0.1, 0.15) is 29.6 Å². The maximum absolute atomic E-state index is 12.8. The SMILES string of the molecule is CCc1cc([C@H]2O[C@@H](n3cnc4c(C[C@H](CO)Cc5ccccc5)nc(N5CC[C@@H](NC(=O)NCc6cccc(O)c6)C5)nc43)[C@H](O)[C@@H]2O)on1. The number of benzene rings is 2. The van der Waals surface area contributed by atoms with E-state index in [2.05, 4.69) is 20.8 Å². The highest BCUT2D eigenvalue weighted by molar-refractivity contribution is 5.76. The van der Waals surface area contributed by atoms with Crippen molar-refractivity contribution < 1.29 is 34.5 Å². The Balaban J connectivity index is 1.14. The Morgan fingerprint density at radius 2 is 1.86 bits per heavy atom. The Labute approximate surface area is 293 Å². The van der Waals surface area contributed by atoms with Crippen molar-refractivity contribution >= 4 is 23.1 Å². The summed E-state index contributed by atoms with van der Waals surface area (Å²) >= 11 is 0. The van der Waals surface area contributed by atoms with Crippen LogP contribution >= 0.6 is 0 Å². The molecule has 51 heavy (non-hydrogen) atoms. The van der Waals surface area contributed by atoms with Crippen LogP contribution in [0.2, 0.25) is 0 Å². The zero-order chi connectivity index (χ0) is 35.5. The van der Waals surface area contributed by atoms with E-state index in [-0.39, 0.29) is 36.9 Å². The van der Waals surface area contributed by atoms with Crippen LogP contribution in [-0.2, 0) is 30.5 Å². The van der Waals surface area contributed by atoms with E-state index in [1.54, 1.807) is 28.8 Å². The number of aliphatic hydroxyl groups excluding tert-OH is 3. The first-order chi connectivity index (χ1) is 24.8. The van der Waals surface area contributed by atoms with Gasteiger partial charge in [0.2, 0.25) is 5.95 Å². The third kappa shape index (κ3) is 7.51. The molecule has 2 saturated heterocycles. The molecule has 6 atom stereocenters. The van der Waals surface area contributed by atoms with E-state index in [9.17, 15) is 25.2 Å². The maximum Gasteiger partial charge on any atom is 0.315 e. The van der Waals surface area contributed by atoms with Crippen molar-refractivity contribution in [3.63, 3.8) is 0 Å². The van der Waals surface area contributed by atoms with Crippen LogP contribution in [0, 0.1) is 5.92 Å². The summed E-state index contributed by atoms with van der Waals surface area (Å²) in [6, 6.07) is 17.8. The minimum atomic E-state index is -1.33. The first kappa shape index (κ1) is 34.4. The van der Waals surface area contributed by atoms with E-state index in [1.165, 1.54) is 6.33 Å². The smallest absolute Gasteiger partial charge is 0.315 e. The number of aryl methyl sites for hydroxylation is 1. The highest BCUT2D eigenvalue weighted by Gasteiger charge is 2.47. The zero-order valence-electron chi connectivity index (χ0n) is 28.2. The van der Waals surface area contributed by atoms with Crippen molar-refractivity contribution in [3.05, 3.63) is 95.3 Å². The van der Waals surface area contributed by atoms with Gasteiger partial charge >= 0.3 is 6.03 Å². The second kappa shape index (κ2) is 15.0. The van der Waals surface area contributed by atoms with Crippen LogP contribution in [-0.4, -0.2) is 89.1 Å². The first-order valence-corrected chi connectivity index (χ1v) is 17.2. The van der Waals surface area contributed by atoms with Gasteiger partial charge in [-0.1, -0.05) is 54.5 Å². The van der Waals surface area contributed by atoms with Crippen LogP contribution in [0.5, 0.6) is 5.75 Å². The second-order valence-corrected chi connectivity index (χ2v) is 13.2. The number of hydrogen-bond donors (Lipinski definition) is 6. The Bertz CT molecular complexity index is 1950. The highest BCUT2D eigenvalue weighted by Crippen LogP contribution is 2.40. The molecule has 2 aliphatic rings. The van der Waals surface area contributed by atoms with E-state index in [0.717, 1.165) is 11.1 Å². The lowest BCUT2D eigenvalue weighted by molar-refractivity contribution is -0.0434. The van der Waals surface area contributed by atoms with Gasteiger partial charge in [-0.25, -0.2) is 14.8 Å². The molecule has 0 saturated carbocycles. The standard InChI is InChI=1S/C36H42N8O7/c1-2-24-16-28(51-42-24)32-30(47)31(48)34(50-32)44-20-38-29-27(15-23(19-45)13-21-7-4-3-5-8-21)40-35(41-33(29)44)43-12-11-25(18-43)39-36(49)37-17-22-9-6-10-26(46)14-22/h3-10,14,16,20,23,25,30-32,34,45-48H,2,11-13,15,17-19H2,1H3,(H2,37,39,49)/t23-,25-,30+,31-,32-,34-/m1/s1. The van der Waals surface area contributed by atoms with Crippen LogP contribution < -0.4 is 15.5 Å². The number of carbonyl (C=O) groups is 1. The van der Waals surface area contributed by atoms with Crippen molar-refractivity contribution in [1.29, 1.82) is 0 Å². The zero-order valence-corrected chi connectivity index (χ0v) is 28.2. The number of aromatic nitrogens is 5. The number of aliphatic hydroxyl groups is 3. The van der Waals surface area contributed by atoms with Crippen LogP contribution in [0.1, 0.15) is 54.0 Å². The van der Waals surface area contributed by atoms with Gasteiger partial charge in [-0.05, 0) is 54.9 Å². The number of nitrogens with zero attached hydrogens (tertiary/aromatic N) is 6. The van der Waals surface area contributed by atoms with E-state index < -0.39 is 24.5 Å². The number of imidazole rings is 1. The van der Waals surface area contributed by atoms with E-state index in [1.807, 2.05) is 48.2 Å². The Morgan fingerprint density at radius 1 is 1.04 bits per heavy atom. The number of carbonyl (C=O) groups excluding carboxylic acids is 1. The Kier molecular flexibility index (Phi) is 10.1. The van der Waals surface area contributed by atoms with Gasteiger partial charge in [-0.15, -0.1) is 0 Å². The molecule has 2 amide bonds. The van der Waals surface area contributed by atoms with Crippen molar-refractivity contribution in [2.45, 2.75) is 69.7 Å². The molecule has 15 heteroatoms. The third-order valence-corrected chi connectivity index (χ3v) is 9.49. The molecule has 0 radical (unpaired) electrons. The fraction of sp³-hybridized carbons (Fsp3) is 0.417. The molecule has 268 valence electrons. The molecule has 6 N–H and O–H groups in total. The summed E-state index contributed by atoms with van der Waals surface area (Å²) in [5.41, 5.74) is 4.08. The highest BCUT2D eigenvalue weighted by atomic mass is 16.6. The molecule has 0 aliphatic carbocycles. The fourth-order valence-electron chi connectivity index (χ4n) is 6.75. The van der Waals surface area contributed by atoms with E-state index >= 15 is 0 Å². The topological polar surface area (TPSA) is 204 Å². The van der Waals surface area contributed by atoms with Gasteiger partial charge in [0.15, 0.2) is 17.6 Å². The lowest BCUT2D eigenvalue weighted by Crippen LogP contribution is -2.43. The average Bonchev–Trinajstić information content (AvgIpc) is 3.95. The van der Waals surface area contributed by atoms with Crippen molar-refractivity contribution in [1.82, 2.24) is 35.3 Å². The number of phenolic OH excluding ortho intramolecular Hbond substituents is 1. The molecule has 5 heterocycles. The van der Waals surface area contributed by atoms with Crippen LogP contribution in [0.15, 0.2) is 71.5 Å².